The minimum absolute atomic E-state index is 0.146. The van der Waals surface area contributed by atoms with Gasteiger partial charge in [-0.1, -0.05) is 31.4 Å². The second-order valence-electron chi connectivity index (χ2n) is 6.73. The Balaban J connectivity index is 1.68. The summed E-state index contributed by atoms with van der Waals surface area (Å²) in [5, 5.41) is 3.11. The molecule has 1 aliphatic heterocycles. The van der Waals surface area contributed by atoms with Gasteiger partial charge in [0.15, 0.2) is 0 Å². The molecule has 1 N–H and O–H groups in total. The average Bonchev–Trinajstić information content (AvgIpc) is 2.81. The van der Waals surface area contributed by atoms with Crippen LogP contribution in [-0.2, 0) is 14.4 Å². The molecule has 0 spiro atoms. The second kappa shape index (κ2) is 7.45. The SMILES string of the molecule is C[C@@H]1CCCC[C@@H]1N1C(=O)C(=O)N(CC(=O)Nc2ccc(Cl)cc2)C1=O. The smallest absolute Gasteiger partial charge is 0.325 e. The molecular weight excluding hydrogens is 358 g/mol. The summed E-state index contributed by atoms with van der Waals surface area (Å²) in [6.45, 7) is 1.48. The van der Waals surface area contributed by atoms with Gasteiger partial charge in [0.25, 0.3) is 0 Å². The van der Waals surface area contributed by atoms with E-state index in [1.54, 1.807) is 24.3 Å². The maximum absolute atomic E-state index is 12.6. The Morgan fingerprint density at radius 2 is 1.77 bits per heavy atom. The Bertz CT molecular complexity index is 749. The first-order valence-corrected chi connectivity index (χ1v) is 9.00. The number of halogens is 1. The molecule has 5 amide bonds. The van der Waals surface area contributed by atoms with E-state index >= 15 is 0 Å². The molecule has 0 bridgehead atoms. The Kier molecular flexibility index (Phi) is 5.27. The molecule has 0 aromatic heterocycles. The van der Waals surface area contributed by atoms with Gasteiger partial charge < -0.3 is 5.32 Å². The van der Waals surface area contributed by atoms with E-state index in [9.17, 15) is 19.2 Å². The summed E-state index contributed by atoms with van der Waals surface area (Å²) in [5.74, 6) is -2.19. The predicted octanol–water partition coefficient (Wildman–Crippen LogP) is 2.65. The largest absolute Gasteiger partial charge is 0.334 e. The van der Waals surface area contributed by atoms with Gasteiger partial charge in [-0.05, 0) is 43.0 Å². The molecule has 1 saturated carbocycles. The molecule has 7 nitrogen and oxygen atoms in total. The fourth-order valence-electron chi connectivity index (χ4n) is 3.51. The summed E-state index contributed by atoms with van der Waals surface area (Å²) >= 11 is 5.79. The highest BCUT2D eigenvalue weighted by atomic mass is 35.5. The minimum atomic E-state index is -0.945. The lowest BCUT2D eigenvalue weighted by Gasteiger charge is -2.34. The Labute approximate surface area is 156 Å². The monoisotopic (exact) mass is 377 g/mol. The first kappa shape index (κ1) is 18.4. The number of amides is 5. The average molecular weight is 378 g/mol. The van der Waals surface area contributed by atoms with Crippen LogP contribution in [0.4, 0.5) is 10.5 Å². The van der Waals surface area contributed by atoms with Crippen LogP contribution in [0.15, 0.2) is 24.3 Å². The quantitative estimate of drug-likeness (QED) is 0.645. The fourth-order valence-corrected chi connectivity index (χ4v) is 3.64. The van der Waals surface area contributed by atoms with E-state index in [1.165, 1.54) is 0 Å². The molecule has 2 atom stereocenters. The van der Waals surface area contributed by atoms with E-state index < -0.39 is 30.3 Å². The maximum Gasteiger partial charge on any atom is 0.334 e. The fraction of sp³-hybridized carbons (Fsp3) is 0.444. The van der Waals surface area contributed by atoms with Crippen molar-refractivity contribution in [3.8, 4) is 0 Å². The van der Waals surface area contributed by atoms with Crippen molar-refractivity contribution in [2.75, 3.05) is 11.9 Å². The number of benzene rings is 1. The summed E-state index contributed by atoms with van der Waals surface area (Å²) in [5.41, 5.74) is 0.489. The molecule has 1 aliphatic carbocycles. The molecule has 1 saturated heterocycles. The molecule has 26 heavy (non-hydrogen) atoms. The summed E-state index contributed by atoms with van der Waals surface area (Å²) in [4.78, 5) is 51.1. The van der Waals surface area contributed by atoms with Gasteiger partial charge >= 0.3 is 17.8 Å². The third-order valence-electron chi connectivity index (χ3n) is 4.91. The summed E-state index contributed by atoms with van der Waals surface area (Å²) in [7, 11) is 0. The molecule has 8 heteroatoms. The number of nitrogens with one attached hydrogen (secondary N) is 1. The van der Waals surface area contributed by atoms with Crippen molar-refractivity contribution in [3.63, 3.8) is 0 Å². The molecular formula is C18H20ClN3O4. The summed E-state index contributed by atoms with van der Waals surface area (Å²) < 4.78 is 0. The van der Waals surface area contributed by atoms with Gasteiger partial charge in [0.1, 0.15) is 6.54 Å². The molecule has 2 fully saturated rings. The molecule has 1 aromatic carbocycles. The highest BCUT2D eigenvalue weighted by Crippen LogP contribution is 2.31. The molecule has 138 valence electrons. The topological polar surface area (TPSA) is 86.8 Å². The highest BCUT2D eigenvalue weighted by Gasteiger charge is 2.49. The number of carbonyl (C=O) groups excluding carboxylic acids is 4. The van der Waals surface area contributed by atoms with Crippen molar-refractivity contribution in [2.24, 2.45) is 5.92 Å². The lowest BCUT2D eigenvalue weighted by Crippen LogP contribution is -2.46. The molecule has 2 aliphatic rings. The molecule has 0 unspecified atom stereocenters. The summed E-state index contributed by atoms with van der Waals surface area (Å²) in [6, 6.07) is 5.45. The van der Waals surface area contributed by atoms with Gasteiger partial charge in [-0.15, -0.1) is 0 Å². The maximum atomic E-state index is 12.6. The van der Waals surface area contributed by atoms with E-state index in [2.05, 4.69) is 5.32 Å². The van der Waals surface area contributed by atoms with Crippen LogP contribution in [0.1, 0.15) is 32.6 Å². The Morgan fingerprint density at radius 1 is 1.12 bits per heavy atom. The molecule has 1 heterocycles. The number of carbonyl (C=O) groups is 4. The highest BCUT2D eigenvalue weighted by molar-refractivity contribution is 6.45. The van der Waals surface area contributed by atoms with Crippen LogP contribution < -0.4 is 5.32 Å². The first-order chi connectivity index (χ1) is 12.4. The number of rotatable bonds is 4. The van der Waals surface area contributed by atoms with Crippen LogP contribution in [0, 0.1) is 5.92 Å². The van der Waals surface area contributed by atoms with Crippen LogP contribution in [0.3, 0.4) is 0 Å². The normalized spacial score (nSPS) is 23.5. The zero-order valence-electron chi connectivity index (χ0n) is 14.4. The van der Waals surface area contributed by atoms with E-state index in [1.807, 2.05) is 6.92 Å². The zero-order chi connectivity index (χ0) is 18.8. The van der Waals surface area contributed by atoms with Crippen LogP contribution >= 0.6 is 11.6 Å². The molecule has 0 radical (unpaired) electrons. The zero-order valence-corrected chi connectivity index (χ0v) is 15.2. The van der Waals surface area contributed by atoms with Crippen LogP contribution in [0.5, 0.6) is 0 Å². The van der Waals surface area contributed by atoms with Crippen molar-refractivity contribution in [1.82, 2.24) is 9.80 Å². The number of hydrogen-bond donors (Lipinski definition) is 1. The van der Waals surface area contributed by atoms with Gasteiger partial charge in [-0.25, -0.2) is 9.69 Å². The van der Waals surface area contributed by atoms with Crippen LogP contribution in [0.25, 0.3) is 0 Å². The van der Waals surface area contributed by atoms with Crippen molar-refractivity contribution >= 4 is 41.0 Å². The van der Waals surface area contributed by atoms with Crippen molar-refractivity contribution in [2.45, 2.75) is 38.6 Å². The second-order valence-corrected chi connectivity index (χ2v) is 7.17. The van der Waals surface area contributed by atoms with E-state index in [-0.39, 0.29) is 12.0 Å². The minimum Gasteiger partial charge on any atom is -0.325 e. The third kappa shape index (κ3) is 3.58. The number of anilines is 1. The third-order valence-corrected chi connectivity index (χ3v) is 5.16. The van der Waals surface area contributed by atoms with E-state index in [0.29, 0.717) is 17.1 Å². The number of hydrogen-bond acceptors (Lipinski definition) is 4. The number of imide groups is 2. The van der Waals surface area contributed by atoms with Crippen LogP contribution in [0.2, 0.25) is 5.02 Å². The Hall–Kier alpha value is -2.41. The van der Waals surface area contributed by atoms with Crippen molar-refractivity contribution in [1.29, 1.82) is 0 Å². The van der Waals surface area contributed by atoms with Crippen LogP contribution in [-0.4, -0.2) is 46.1 Å². The van der Waals surface area contributed by atoms with Gasteiger partial charge in [0, 0.05) is 16.8 Å². The van der Waals surface area contributed by atoms with Crippen molar-refractivity contribution < 1.29 is 19.2 Å². The molecule has 1 aromatic rings. The first-order valence-electron chi connectivity index (χ1n) is 8.63. The van der Waals surface area contributed by atoms with Gasteiger partial charge in [-0.3, -0.25) is 19.3 Å². The number of urea groups is 1. The van der Waals surface area contributed by atoms with Gasteiger partial charge in [0.05, 0.1) is 0 Å². The van der Waals surface area contributed by atoms with Crippen molar-refractivity contribution in [3.05, 3.63) is 29.3 Å². The standard InChI is InChI=1S/C18H20ClN3O4/c1-11-4-2-3-5-14(11)22-17(25)16(24)21(18(22)26)10-15(23)20-13-8-6-12(19)7-9-13/h6-9,11,14H,2-5,10H2,1H3,(H,20,23)/t11-,14+/m1/s1. The number of nitrogens with zero attached hydrogens (tertiary/aromatic N) is 2. The predicted molar refractivity (Wildman–Crippen MR) is 95.5 cm³/mol. The Morgan fingerprint density at radius 3 is 2.42 bits per heavy atom. The van der Waals surface area contributed by atoms with Gasteiger partial charge in [-0.2, -0.15) is 0 Å². The lowest BCUT2D eigenvalue weighted by atomic mass is 9.85. The van der Waals surface area contributed by atoms with Gasteiger partial charge in [0.2, 0.25) is 5.91 Å². The van der Waals surface area contributed by atoms with E-state index in [0.717, 1.165) is 29.1 Å². The van der Waals surface area contributed by atoms with E-state index in [4.69, 9.17) is 11.6 Å². The lowest BCUT2D eigenvalue weighted by molar-refractivity contribution is -0.145. The summed E-state index contributed by atoms with van der Waals surface area (Å²) in [6.07, 6.45) is 3.57. The molecule has 3 rings (SSSR count).